The molecule has 1 aromatic rings. The highest BCUT2D eigenvalue weighted by Crippen LogP contribution is 2.32. The molecule has 0 unspecified atom stereocenters. The first-order valence-electron chi connectivity index (χ1n) is 2.60. The summed E-state index contributed by atoms with van der Waals surface area (Å²) in [4.78, 5) is 3.41. The first-order chi connectivity index (χ1) is 4.75. The van der Waals surface area contributed by atoms with Crippen LogP contribution < -0.4 is 0 Å². The molecule has 0 aliphatic carbocycles. The molecule has 0 saturated carbocycles. The van der Waals surface area contributed by atoms with Gasteiger partial charge in [-0.05, 0) is 17.0 Å². The Hall–Kier alpha value is -0.710. The summed E-state index contributed by atoms with van der Waals surface area (Å²) < 4.78 is 0. The average molecular weight is 173 g/mol. The van der Waals surface area contributed by atoms with Crippen molar-refractivity contribution in [3.8, 4) is 6.57 Å². The summed E-state index contributed by atoms with van der Waals surface area (Å²) in [6, 6.07) is 5.09. The molecule has 0 saturated heterocycles. The van der Waals surface area contributed by atoms with Gasteiger partial charge < -0.3 is 0 Å². The van der Waals surface area contributed by atoms with Gasteiger partial charge in [-0.3, -0.25) is 0 Å². The van der Waals surface area contributed by atoms with Crippen molar-refractivity contribution in [3.05, 3.63) is 33.1 Å². The molecule has 50 valence electrons. The van der Waals surface area contributed by atoms with E-state index in [0.717, 1.165) is 0 Å². The van der Waals surface area contributed by atoms with Gasteiger partial charge in [0.1, 0.15) is 10.0 Å². The molecule has 1 rings (SSSR count). The highest BCUT2D eigenvalue weighted by molar-refractivity contribution is 6.39. The molecule has 0 spiro atoms. The summed E-state index contributed by atoms with van der Waals surface area (Å²) in [7, 11) is 0. The maximum Gasteiger partial charge on any atom is 0.376 e. The van der Waals surface area contributed by atoms with Crippen LogP contribution in [0.5, 0.6) is 0 Å². The van der Waals surface area contributed by atoms with Crippen LogP contribution in [0.4, 0.5) is 5.69 Å². The zero-order valence-corrected chi connectivity index (χ0v) is 6.52. The largest absolute Gasteiger partial charge is 0.376 e. The van der Waals surface area contributed by atoms with Crippen molar-refractivity contribution in [2.75, 3.05) is 0 Å². The standard InChI is InChI=1S/C7H4Cl2N/c1-10-7-5(8)3-2-4-6(7)9/h1-4H/q+1. The van der Waals surface area contributed by atoms with Crippen molar-refractivity contribution in [1.29, 1.82) is 0 Å². The maximum atomic E-state index is 5.67. The lowest BCUT2D eigenvalue weighted by Gasteiger charge is -1.86. The lowest BCUT2D eigenvalue weighted by molar-refractivity contribution is 1.72. The number of para-hydroxylation sites is 1. The Labute approximate surface area is 69.0 Å². The van der Waals surface area contributed by atoms with E-state index in [1.54, 1.807) is 18.2 Å². The van der Waals surface area contributed by atoms with E-state index in [0.29, 0.717) is 15.7 Å². The monoisotopic (exact) mass is 172 g/mol. The lowest BCUT2D eigenvalue weighted by Crippen LogP contribution is -1.66. The number of rotatable bonds is 0. The third-order valence-corrected chi connectivity index (χ3v) is 1.68. The van der Waals surface area contributed by atoms with E-state index < -0.39 is 0 Å². The molecule has 0 atom stereocenters. The summed E-state index contributed by atoms with van der Waals surface area (Å²) in [5, 5.41) is 0.935. The minimum atomic E-state index is 0.436. The minimum absolute atomic E-state index is 0.436. The molecule has 1 aromatic carbocycles. The van der Waals surface area contributed by atoms with Crippen LogP contribution in [0.2, 0.25) is 10.0 Å². The minimum Gasteiger partial charge on any atom is -0.0756 e. The summed E-state index contributed by atoms with van der Waals surface area (Å²) >= 11 is 11.3. The summed E-state index contributed by atoms with van der Waals surface area (Å²) in [5.41, 5.74) is 0.436. The summed E-state index contributed by atoms with van der Waals surface area (Å²) in [5.74, 6) is 0. The molecule has 0 bridgehead atoms. The number of nitrogens with zero attached hydrogens (tertiary/aromatic N) is 1. The predicted octanol–water partition coefficient (Wildman–Crippen LogP) is 3.59. The van der Waals surface area contributed by atoms with Crippen molar-refractivity contribution in [1.82, 2.24) is 0 Å². The van der Waals surface area contributed by atoms with E-state index in [-0.39, 0.29) is 0 Å². The molecular weight excluding hydrogens is 169 g/mol. The van der Waals surface area contributed by atoms with Crippen molar-refractivity contribution >= 4 is 28.9 Å². The average Bonchev–Trinajstić information content (AvgIpc) is 1.88. The van der Waals surface area contributed by atoms with Gasteiger partial charge in [0.25, 0.3) is 6.57 Å². The highest BCUT2D eigenvalue weighted by atomic mass is 35.5. The van der Waals surface area contributed by atoms with E-state index in [4.69, 9.17) is 29.8 Å². The van der Waals surface area contributed by atoms with Gasteiger partial charge in [-0.2, -0.15) is 0 Å². The van der Waals surface area contributed by atoms with Crippen LogP contribution in [0.1, 0.15) is 0 Å². The molecule has 3 heteroatoms. The van der Waals surface area contributed by atoms with Crippen molar-refractivity contribution in [2.24, 2.45) is 0 Å². The van der Waals surface area contributed by atoms with Gasteiger partial charge in [0, 0.05) is 0 Å². The SMILES string of the molecule is C#[N+]c1c(Cl)cccc1Cl. The molecule has 1 nitrogen and oxygen atoms in total. The van der Waals surface area contributed by atoms with E-state index >= 15 is 0 Å². The molecule has 0 aliphatic rings. The fraction of sp³-hybridized carbons (Fsp3) is 0. The van der Waals surface area contributed by atoms with Crippen LogP contribution >= 0.6 is 23.2 Å². The third kappa shape index (κ3) is 1.23. The molecular formula is C7H4Cl2N+. The smallest absolute Gasteiger partial charge is 0.0756 e. The van der Waals surface area contributed by atoms with E-state index in [2.05, 4.69) is 4.85 Å². The predicted molar refractivity (Wildman–Crippen MR) is 44.4 cm³/mol. The van der Waals surface area contributed by atoms with Gasteiger partial charge in [-0.15, -0.1) is 0 Å². The van der Waals surface area contributed by atoms with Gasteiger partial charge in [0.05, 0.1) is 0 Å². The quantitative estimate of drug-likeness (QED) is 0.564. The Morgan fingerprint density at radius 2 is 1.70 bits per heavy atom. The van der Waals surface area contributed by atoms with Gasteiger partial charge in [0.15, 0.2) is 0 Å². The number of benzene rings is 1. The van der Waals surface area contributed by atoms with Crippen molar-refractivity contribution in [2.45, 2.75) is 0 Å². The molecule has 0 aliphatic heterocycles. The van der Waals surface area contributed by atoms with Gasteiger partial charge in [0.2, 0.25) is 0 Å². The Morgan fingerprint density at radius 3 is 2.00 bits per heavy atom. The van der Waals surface area contributed by atoms with E-state index in [1.807, 2.05) is 0 Å². The van der Waals surface area contributed by atoms with E-state index in [9.17, 15) is 0 Å². The van der Waals surface area contributed by atoms with Crippen molar-refractivity contribution < 1.29 is 0 Å². The zero-order valence-electron chi connectivity index (χ0n) is 5.01. The number of hydrogen-bond donors (Lipinski definition) is 0. The molecule has 0 aromatic heterocycles. The second kappa shape index (κ2) is 2.92. The summed E-state index contributed by atoms with van der Waals surface area (Å²) in [6.45, 7) is 5.01. The molecule has 0 fully saturated rings. The molecule has 0 N–H and O–H groups in total. The van der Waals surface area contributed by atoms with Crippen LogP contribution in [0, 0.1) is 6.57 Å². The fourth-order valence-corrected chi connectivity index (χ4v) is 1.11. The summed E-state index contributed by atoms with van der Waals surface area (Å²) in [6.07, 6.45) is 0. The van der Waals surface area contributed by atoms with Crippen LogP contribution in [0.3, 0.4) is 0 Å². The Balaban J connectivity index is 3.34. The topological polar surface area (TPSA) is 4.36 Å². The van der Waals surface area contributed by atoms with Crippen LogP contribution in [0.15, 0.2) is 18.2 Å². The van der Waals surface area contributed by atoms with Gasteiger partial charge in [-0.25, -0.2) is 0 Å². The van der Waals surface area contributed by atoms with E-state index in [1.165, 1.54) is 0 Å². The molecule has 0 radical (unpaired) electrons. The molecule has 0 amide bonds. The zero-order chi connectivity index (χ0) is 7.56. The highest BCUT2D eigenvalue weighted by Gasteiger charge is 2.12. The normalized spacial score (nSPS) is 8.90. The maximum absolute atomic E-state index is 5.67. The lowest BCUT2D eigenvalue weighted by atomic mass is 10.3. The van der Waals surface area contributed by atoms with Gasteiger partial charge in [-0.1, -0.05) is 29.3 Å². The molecule has 0 heterocycles. The second-order valence-corrected chi connectivity index (χ2v) is 2.51. The number of halogens is 2. The van der Waals surface area contributed by atoms with Crippen LogP contribution in [-0.2, 0) is 0 Å². The Morgan fingerprint density at radius 1 is 1.20 bits per heavy atom. The van der Waals surface area contributed by atoms with Gasteiger partial charge >= 0.3 is 5.69 Å². The second-order valence-electron chi connectivity index (χ2n) is 1.70. The first kappa shape index (κ1) is 7.40. The Bertz CT molecular complexity index is 268. The third-order valence-electron chi connectivity index (χ3n) is 1.07. The first-order valence-corrected chi connectivity index (χ1v) is 3.36. The number of hydrogen-bond acceptors (Lipinski definition) is 0. The fourth-order valence-electron chi connectivity index (χ4n) is 0.612. The van der Waals surface area contributed by atoms with Crippen LogP contribution in [-0.4, -0.2) is 0 Å². The van der Waals surface area contributed by atoms with Crippen molar-refractivity contribution in [3.63, 3.8) is 0 Å². The molecule has 10 heavy (non-hydrogen) atoms. The van der Waals surface area contributed by atoms with Crippen LogP contribution in [0.25, 0.3) is 4.85 Å². The Kier molecular flexibility index (Phi) is 2.16.